The summed E-state index contributed by atoms with van der Waals surface area (Å²) in [7, 11) is 0. The van der Waals surface area contributed by atoms with Gasteiger partial charge in [-0.25, -0.2) is 0 Å². The van der Waals surface area contributed by atoms with E-state index in [1.807, 2.05) is 11.8 Å². The lowest BCUT2D eigenvalue weighted by molar-refractivity contribution is -0.130. The monoisotopic (exact) mass is 165 g/mol. The Hall–Kier alpha value is -0.970. The van der Waals surface area contributed by atoms with Gasteiger partial charge in [-0.3, -0.25) is 4.79 Å². The molecule has 1 aliphatic heterocycles. The van der Waals surface area contributed by atoms with Gasteiger partial charge in [0.15, 0.2) is 0 Å². The zero-order valence-corrected chi connectivity index (χ0v) is 7.55. The molecule has 0 aliphatic carbocycles. The van der Waals surface area contributed by atoms with E-state index in [0.717, 1.165) is 32.4 Å². The SMILES string of the molecule is C#CCCCN1CCC(C)C1=O. The second kappa shape index (κ2) is 4.15. The van der Waals surface area contributed by atoms with E-state index in [4.69, 9.17) is 6.42 Å². The third-order valence-corrected chi connectivity index (χ3v) is 2.31. The van der Waals surface area contributed by atoms with Crippen molar-refractivity contribution in [2.75, 3.05) is 13.1 Å². The van der Waals surface area contributed by atoms with Crippen molar-refractivity contribution in [1.82, 2.24) is 4.90 Å². The minimum atomic E-state index is 0.232. The minimum absolute atomic E-state index is 0.232. The number of amides is 1. The second-order valence-electron chi connectivity index (χ2n) is 3.32. The summed E-state index contributed by atoms with van der Waals surface area (Å²) in [4.78, 5) is 13.3. The molecule has 1 atom stereocenters. The number of hydrogen-bond acceptors (Lipinski definition) is 1. The predicted octanol–water partition coefficient (Wildman–Crippen LogP) is 1.27. The van der Waals surface area contributed by atoms with Crippen molar-refractivity contribution in [3.05, 3.63) is 0 Å². The first-order valence-corrected chi connectivity index (χ1v) is 4.48. The first-order valence-electron chi connectivity index (χ1n) is 4.48. The van der Waals surface area contributed by atoms with Crippen LogP contribution in [0.25, 0.3) is 0 Å². The highest BCUT2D eigenvalue weighted by Crippen LogP contribution is 2.16. The van der Waals surface area contributed by atoms with E-state index in [-0.39, 0.29) is 5.92 Å². The maximum Gasteiger partial charge on any atom is 0.225 e. The highest BCUT2D eigenvalue weighted by Gasteiger charge is 2.26. The zero-order valence-electron chi connectivity index (χ0n) is 7.55. The van der Waals surface area contributed by atoms with Crippen molar-refractivity contribution in [1.29, 1.82) is 0 Å². The van der Waals surface area contributed by atoms with E-state index < -0.39 is 0 Å². The van der Waals surface area contributed by atoms with Crippen LogP contribution in [-0.4, -0.2) is 23.9 Å². The van der Waals surface area contributed by atoms with Crippen LogP contribution >= 0.6 is 0 Å². The van der Waals surface area contributed by atoms with Crippen molar-refractivity contribution in [2.45, 2.75) is 26.2 Å². The molecule has 1 aliphatic rings. The molecule has 1 saturated heterocycles. The first-order chi connectivity index (χ1) is 5.75. The number of unbranched alkanes of at least 4 members (excludes halogenated alkanes) is 1. The summed E-state index contributed by atoms with van der Waals surface area (Å²) < 4.78 is 0. The lowest BCUT2D eigenvalue weighted by atomic mass is 10.1. The summed E-state index contributed by atoms with van der Waals surface area (Å²) in [5, 5.41) is 0. The fourth-order valence-corrected chi connectivity index (χ4v) is 1.49. The van der Waals surface area contributed by atoms with Gasteiger partial charge < -0.3 is 4.90 Å². The molecule has 0 radical (unpaired) electrons. The molecule has 12 heavy (non-hydrogen) atoms. The number of nitrogens with zero attached hydrogens (tertiary/aromatic N) is 1. The van der Waals surface area contributed by atoms with Gasteiger partial charge in [0, 0.05) is 25.4 Å². The third kappa shape index (κ3) is 2.01. The van der Waals surface area contributed by atoms with Crippen LogP contribution in [-0.2, 0) is 4.79 Å². The van der Waals surface area contributed by atoms with Crippen molar-refractivity contribution >= 4 is 5.91 Å². The highest BCUT2D eigenvalue weighted by molar-refractivity contribution is 5.80. The Morgan fingerprint density at radius 3 is 3.00 bits per heavy atom. The second-order valence-corrected chi connectivity index (χ2v) is 3.32. The van der Waals surface area contributed by atoms with Crippen LogP contribution in [0.3, 0.4) is 0 Å². The van der Waals surface area contributed by atoms with Crippen LogP contribution < -0.4 is 0 Å². The van der Waals surface area contributed by atoms with Crippen molar-refractivity contribution in [2.24, 2.45) is 5.92 Å². The van der Waals surface area contributed by atoms with Crippen molar-refractivity contribution in [3.63, 3.8) is 0 Å². The average molecular weight is 165 g/mol. The van der Waals surface area contributed by atoms with E-state index in [0.29, 0.717) is 5.91 Å². The maximum absolute atomic E-state index is 11.4. The number of likely N-dealkylation sites (tertiary alicyclic amines) is 1. The topological polar surface area (TPSA) is 20.3 Å². The van der Waals surface area contributed by atoms with Crippen LogP contribution in [0.2, 0.25) is 0 Å². The number of carbonyl (C=O) groups excluding carboxylic acids is 1. The van der Waals surface area contributed by atoms with Crippen molar-refractivity contribution < 1.29 is 4.79 Å². The number of hydrogen-bond donors (Lipinski definition) is 0. The molecule has 0 saturated carbocycles. The molecule has 0 N–H and O–H groups in total. The predicted molar refractivity (Wildman–Crippen MR) is 48.4 cm³/mol. The average Bonchev–Trinajstić information content (AvgIpc) is 2.36. The summed E-state index contributed by atoms with van der Waals surface area (Å²) in [6, 6.07) is 0. The molecule has 0 bridgehead atoms. The molecule has 0 spiro atoms. The van der Waals surface area contributed by atoms with Gasteiger partial charge >= 0.3 is 0 Å². The Kier molecular flexibility index (Phi) is 3.16. The Morgan fingerprint density at radius 1 is 1.75 bits per heavy atom. The normalized spacial score (nSPS) is 22.8. The van der Waals surface area contributed by atoms with Crippen molar-refractivity contribution in [3.8, 4) is 12.3 Å². The van der Waals surface area contributed by atoms with Gasteiger partial charge in [0.1, 0.15) is 0 Å². The molecule has 66 valence electrons. The van der Waals surface area contributed by atoms with Gasteiger partial charge in [0.05, 0.1) is 0 Å². The van der Waals surface area contributed by atoms with Gasteiger partial charge in [0.2, 0.25) is 5.91 Å². The maximum atomic E-state index is 11.4. The number of terminal acetylenes is 1. The quantitative estimate of drug-likeness (QED) is 0.455. The Bertz CT molecular complexity index is 204. The first kappa shape index (κ1) is 9.12. The summed E-state index contributed by atoms with van der Waals surface area (Å²) in [6.07, 6.45) is 7.85. The molecular formula is C10H15NO. The van der Waals surface area contributed by atoms with Gasteiger partial charge in [-0.2, -0.15) is 0 Å². The molecule has 2 heteroatoms. The number of rotatable bonds is 3. The zero-order chi connectivity index (χ0) is 8.97. The van der Waals surface area contributed by atoms with Gasteiger partial charge in [0.25, 0.3) is 0 Å². The largest absolute Gasteiger partial charge is 0.342 e. The molecule has 1 unspecified atom stereocenters. The van der Waals surface area contributed by atoms with Gasteiger partial charge in [-0.1, -0.05) is 6.92 Å². The standard InChI is InChI=1S/C10H15NO/c1-3-4-5-7-11-8-6-9(2)10(11)12/h1,9H,4-8H2,2H3. The van der Waals surface area contributed by atoms with E-state index in [2.05, 4.69) is 5.92 Å². The summed E-state index contributed by atoms with van der Waals surface area (Å²) in [5.41, 5.74) is 0. The van der Waals surface area contributed by atoms with E-state index >= 15 is 0 Å². The molecule has 0 aromatic rings. The number of carbonyl (C=O) groups is 1. The Morgan fingerprint density at radius 2 is 2.50 bits per heavy atom. The van der Waals surface area contributed by atoms with E-state index in [9.17, 15) is 4.79 Å². The van der Waals surface area contributed by atoms with Crippen LogP contribution in [0, 0.1) is 18.3 Å². The lowest BCUT2D eigenvalue weighted by Gasteiger charge is -2.14. The molecule has 1 amide bonds. The fourth-order valence-electron chi connectivity index (χ4n) is 1.49. The molecule has 0 aromatic carbocycles. The Labute approximate surface area is 73.9 Å². The molecule has 1 rings (SSSR count). The lowest BCUT2D eigenvalue weighted by Crippen LogP contribution is -2.27. The van der Waals surface area contributed by atoms with E-state index in [1.54, 1.807) is 0 Å². The van der Waals surface area contributed by atoms with Crippen LogP contribution in [0.15, 0.2) is 0 Å². The van der Waals surface area contributed by atoms with Crippen LogP contribution in [0.1, 0.15) is 26.2 Å². The third-order valence-electron chi connectivity index (χ3n) is 2.31. The molecule has 2 nitrogen and oxygen atoms in total. The fraction of sp³-hybridized carbons (Fsp3) is 0.700. The van der Waals surface area contributed by atoms with Gasteiger partial charge in [-0.05, 0) is 12.8 Å². The summed E-state index contributed by atoms with van der Waals surface area (Å²) >= 11 is 0. The smallest absolute Gasteiger partial charge is 0.225 e. The molecule has 0 aromatic heterocycles. The minimum Gasteiger partial charge on any atom is -0.342 e. The molecule has 1 fully saturated rings. The van der Waals surface area contributed by atoms with Crippen LogP contribution in [0.4, 0.5) is 0 Å². The molecular weight excluding hydrogens is 150 g/mol. The van der Waals surface area contributed by atoms with Crippen LogP contribution in [0.5, 0.6) is 0 Å². The van der Waals surface area contributed by atoms with E-state index in [1.165, 1.54) is 0 Å². The van der Waals surface area contributed by atoms with Gasteiger partial charge in [-0.15, -0.1) is 12.3 Å². The Balaban J connectivity index is 2.26. The summed E-state index contributed by atoms with van der Waals surface area (Å²) in [6.45, 7) is 3.75. The highest BCUT2D eigenvalue weighted by atomic mass is 16.2. The molecule has 1 heterocycles. The summed E-state index contributed by atoms with van der Waals surface area (Å²) in [5.74, 6) is 3.11.